The molecule has 0 radical (unpaired) electrons. The van der Waals surface area contributed by atoms with E-state index in [9.17, 15) is 24.1 Å². The van der Waals surface area contributed by atoms with E-state index >= 15 is 0 Å². The molecular formula is C17H11FN2O4S. The van der Waals surface area contributed by atoms with Gasteiger partial charge in [-0.2, -0.15) is 0 Å². The zero-order chi connectivity index (χ0) is 18.0. The number of benzene rings is 2. The van der Waals surface area contributed by atoms with Gasteiger partial charge in [-0.15, -0.1) is 0 Å². The molecule has 0 spiro atoms. The zero-order valence-electron chi connectivity index (χ0n) is 12.7. The molecule has 0 bridgehead atoms. The van der Waals surface area contributed by atoms with Crippen LogP contribution in [-0.2, 0) is 11.3 Å². The minimum Gasteiger partial charge on any atom is -0.268 e. The van der Waals surface area contributed by atoms with Gasteiger partial charge in [0.1, 0.15) is 5.82 Å². The molecule has 0 N–H and O–H groups in total. The first-order valence-corrected chi connectivity index (χ1v) is 8.00. The van der Waals surface area contributed by atoms with Crippen molar-refractivity contribution in [2.75, 3.05) is 0 Å². The molecule has 1 fully saturated rings. The number of rotatable bonds is 4. The highest BCUT2D eigenvalue weighted by molar-refractivity contribution is 8.18. The standard InChI is InChI=1S/C17H11FN2O4S/c18-13-7-5-11(6-8-13)10-19-16(21)15(25-17(19)22)9-12-3-1-2-4-14(12)20(23)24/h1-9H,10H2/b15-9-. The molecule has 25 heavy (non-hydrogen) atoms. The zero-order valence-corrected chi connectivity index (χ0v) is 13.5. The Hall–Kier alpha value is -3.00. The van der Waals surface area contributed by atoms with Gasteiger partial charge in [-0.1, -0.05) is 24.3 Å². The van der Waals surface area contributed by atoms with Crippen molar-refractivity contribution in [1.82, 2.24) is 4.90 Å². The van der Waals surface area contributed by atoms with Crippen LogP contribution in [0.1, 0.15) is 11.1 Å². The van der Waals surface area contributed by atoms with Crippen molar-refractivity contribution in [3.63, 3.8) is 0 Å². The summed E-state index contributed by atoms with van der Waals surface area (Å²) in [6, 6.07) is 11.4. The van der Waals surface area contributed by atoms with E-state index in [2.05, 4.69) is 0 Å². The van der Waals surface area contributed by atoms with E-state index in [4.69, 9.17) is 0 Å². The topological polar surface area (TPSA) is 80.5 Å². The molecule has 1 saturated heterocycles. The normalized spacial score (nSPS) is 15.9. The maximum Gasteiger partial charge on any atom is 0.293 e. The summed E-state index contributed by atoms with van der Waals surface area (Å²) in [6.45, 7) is 0.0131. The number of carbonyl (C=O) groups is 2. The van der Waals surface area contributed by atoms with Crippen molar-refractivity contribution in [2.24, 2.45) is 0 Å². The van der Waals surface area contributed by atoms with Crippen LogP contribution in [-0.4, -0.2) is 21.0 Å². The summed E-state index contributed by atoms with van der Waals surface area (Å²) in [6.07, 6.45) is 1.34. The van der Waals surface area contributed by atoms with Gasteiger partial charge in [0.2, 0.25) is 0 Å². The Morgan fingerprint density at radius 3 is 2.48 bits per heavy atom. The van der Waals surface area contributed by atoms with Gasteiger partial charge in [0, 0.05) is 6.07 Å². The fourth-order valence-electron chi connectivity index (χ4n) is 2.33. The van der Waals surface area contributed by atoms with Crippen molar-refractivity contribution in [2.45, 2.75) is 6.54 Å². The van der Waals surface area contributed by atoms with E-state index in [1.165, 1.54) is 48.5 Å². The highest BCUT2D eigenvalue weighted by atomic mass is 32.2. The van der Waals surface area contributed by atoms with E-state index in [0.717, 1.165) is 16.7 Å². The van der Waals surface area contributed by atoms with Gasteiger partial charge in [0.05, 0.1) is 21.9 Å². The lowest BCUT2D eigenvalue weighted by Gasteiger charge is -2.12. The SMILES string of the molecule is O=C1S/C(=C\c2ccccc2[N+](=O)[O-])C(=O)N1Cc1ccc(F)cc1. The molecule has 0 aliphatic carbocycles. The number of hydrogen-bond donors (Lipinski definition) is 0. The van der Waals surface area contributed by atoms with Crippen LogP contribution in [0, 0.1) is 15.9 Å². The fourth-order valence-corrected chi connectivity index (χ4v) is 3.15. The summed E-state index contributed by atoms with van der Waals surface area (Å²) < 4.78 is 12.9. The molecule has 1 aliphatic rings. The maximum atomic E-state index is 12.9. The number of amides is 2. The third kappa shape index (κ3) is 3.58. The van der Waals surface area contributed by atoms with Gasteiger partial charge in [-0.05, 0) is 41.6 Å². The lowest BCUT2D eigenvalue weighted by Crippen LogP contribution is -2.27. The van der Waals surface area contributed by atoms with Crippen LogP contribution in [0.3, 0.4) is 0 Å². The molecule has 1 heterocycles. The lowest BCUT2D eigenvalue weighted by molar-refractivity contribution is -0.385. The van der Waals surface area contributed by atoms with Crippen LogP contribution < -0.4 is 0 Å². The predicted octanol–water partition coefficient (Wildman–Crippen LogP) is 3.97. The Morgan fingerprint density at radius 2 is 1.80 bits per heavy atom. The number of para-hydroxylation sites is 1. The third-order valence-electron chi connectivity index (χ3n) is 3.55. The summed E-state index contributed by atoms with van der Waals surface area (Å²) in [4.78, 5) is 36.2. The Balaban J connectivity index is 1.86. The second-order valence-electron chi connectivity index (χ2n) is 5.21. The summed E-state index contributed by atoms with van der Waals surface area (Å²) in [5, 5.41) is 10.6. The Labute approximate surface area is 146 Å². The van der Waals surface area contributed by atoms with Gasteiger partial charge in [0.25, 0.3) is 16.8 Å². The molecule has 1 aliphatic heterocycles. The summed E-state index contributed by atoms with van der Waals surface area (Å²) in [5.41, 5.74) is 0.711. The van der Waals surface area contributed by atoms with E-state index in [1.807, 2.05) is 0 Å². The summed E-state index contributed by atoms with van der Waals surface area (Å²) in [5.74, 6) is -0.938. The Kier molecular flexibility index (Phi) is 4.62. The van der Waals surface area contributed by atoms with Crippen LogP contribution in [0.5, 0.6) is 0 Å². The smallest absolute Gasteiger partial charge is 0.268 e. The summed E-state index contributed by atoms with van der Waals surface area (Å²) in [7, 11) is 0. The second kappa shape index (κ2) is 6.86. The van der Waals surface area contributed by atoms with Crippen molar-refractivity contribution < 1.29 is 18.9 Å². The van der Waals surface area contributed by atoms with E-state index in [-0.39, 0.29) is 22.7 Å². The predicted molar refractivity (Wildman–Crippen MR) is 91.0 cm³/mol. The minimum atomic E-state index is -0.547. The van der Waals surface area contributed by atoms with Gasteiger partial charge in [-0.3, -0.25) is 24.6 Å². The molecule has 6 nitrogen and oxygen atoms in total. The number of thioether (sulfide) groups is 1. The van der Waals surface area contributed by atoms with Gasteiger partial charge in [0.15, 0.2) is 0 Å². The highest BCUT2D eigenvalue weighted by Gasteiger charge is 2.35. The van der Waals surface area contributed by atoms with Crippen LogP contribution in [0.4, 0.5) is 14.9 Å². The largest absolute Gasteiger partial charge is 0.293 e. The van der Waals surface area contributed by atoms with Crippen LogP contribution in [0.15, 0.2) is 53.4 Å². The van der Waals surface area contributed by atoms with Crippen molar-refractivity contribution >= 4 is 34.7 Å². The number of imide groups is 1. The number of nitro groups is 1. The minimum absolute atomic E-state index is 0.0131. The van der Waals surface area contributed by atoms with Gasteiger partial charge < -0.3 is 0 Å². The molecule has 3 rings (SSSR count). The molecule has 2 aromatic rings. The van der Waals surface area contributed by atoms with E-state index in [0.29, 0.717) is 5.56 Å². The molecule has 0 saturated carbocycles. The molecule has 126 valence electrons. The van der Waals surface area contributed by atoms with Crippen LogP contribution in [0.25, 0.3) is 6.08 Å². The number of nitro benzene ring substituents is 1. The van der Waals surface area contributed by atoms with E-state index in [1.54, 1.807) is 6.07 Å². The van der Waals surface area contributed by atoms with Gasteiger partial charge >= 0.3 is 0 Å². The Morgan fingerprint density at radius 1 is 1.12 bits per heavy atom. The van der Waals surface area contributed by atoms with Gasteiger partial charge in [-0.25, -0.2) is 4.39 Å². The van der Waals surface area contributed by atoms with Crippen molar-refractivity contribution in [3.05, 3.63) is 80.5 Å². The molecular weight excluding hydrogens is 347 g/mol. The molecule has 2 aromatic carbocycles. The highest BCUT2D eigenvalue weighted by Crippen LogP contribution is 2.34. The number of carbonyl (C=O) groups excluding carboxylic acids is 2. The average Bonchev–Trinajstić information content (AvgIpc) is 2.84. The number of nitrogens with zero attached hydrogens (tertiary/aromatic N) is 2. The Bertz CT molecular complexity index is 896. The molecule has 0 unspecified atom stereocenters. The average molecular weight is 358 g/mol. The first-order chi connectivity index (χ1) is 12.0. The first-order valence-electron chi connectivity index (χ1n) is 7.19. The molecule has 2 amide bonds. The second-order valence-corrected chi connectivity index (χ2v) is 6.20. The van der Waals surface area contributed by atoms with Crippen molar-refractivity contribution in [1.29, 1.82) is 0 Å². The lowest BCUT2D eigenvalue weighted by atomic mass is 10.1. The molecule has 0 aromatic heterocycles. The first kappa shape index (κ1) is 16.8. The fraction of sp³-hybridized carbons (Fsp3) is 0.0588. The van der Waals surface area contributed by atoms with Crippen LogP contribution >= 0.6 is 11.8 Å². The number of hydrogen-bond acceptors (Lipinski definition) is 5. The molecule has 8 heteroatoms. The summed E-state index contributed by atoms with van der Waals surface area (Å²) >= 11 is 0.721. The van der Waals surface area contributed by atoms with Crippen LogP contribution in [0.2, 0.25) is 0 Å². The number of halogens is 1. The monoisotopic (exact) mass is 358 g/mol. The quantitative estimate of drug-likeness (QED) is 0.469. The van der Waals surface area contributed by atoms with Crippen molar-refractivity contribution in [3.8, 4) is 0 Å². The van der Waals surface area contributed by atoms with E-state index < -0.39 is 21.9 Å². The maximum absolute atomic E-state index is 12.9. The molecule has 0 atom stereocenters. The third-order valence-corrected chi connectivity index (χ3v) is 4.45.